The Morgan fingerprint density at radius 1 is 1.00 bits per heavy atom. The minimum Gasteiger partial charge on any atom is -0.332 e. The molecule has 0 radical (unpaired) electrons. The molecule has 5 nitrogen and oxygen atoms in total. The summed E-state index contributed by atoms with van der Waals surface area (Å²) in [6.07, 6.45) is 0.796. The molecule has 1 N–H and O–H groups in total. The van der Waals surface area contributed by atoms with Gasteiger partial charge in [-0.05, 0) is 24.6 Å². The van der Waals surface area contributed by atoms with Crippen molar-refractivity contribution in [2.24, 2.45) is 0 Å². The molecule has 4 rings (SSSR count). The molecule has 0 spiro atoms. The van der Waals surface area contributed by atoms with Crippen LogP contribution in [0, 0.1) is 0 Å². The van der Waals surface area contributed by atoms with Gasteiger partial charge in [0.25, 0.3) is 0 Å². The van der Waals surface area contributed by atoms with Gasteiger partial charge in [-0.1, -0.05) is 60.3 Å². The van der Waals surface area contributed by atoms with Crippen molar-refractivity contribution in [2.75, 3.05) is 5.32 Å². The minimum absolute atomic E-state index is 0.774. The molecule has 0 bridgehead atoms. The summed E-state index contributed by atoms with van der Waals surface area (Å²) in [5.41, 5.74) is 3.34. The summed E-state index contributed by atoms with van der Waals surface area (Å²) in [6, 6.07) is 20.5. The topological polar surface area (TPSA) is 55.6 Å². The molecule has 2 heterocycles. The van der Waals surface area contributed by atoms with Crippen molar-refractivity contribution >= 4 is 33.9 Å². The Kier molecular flexibility index (Phi) is 6.04. The predicted octanol–water partition coefficient (Wildman–Crippen LogP) is 5.38. The van der Waals surface area contributed by atoms with E-state index >= 15 is 0 Å². The molecule has 0 saturated heterocycles. The number of thiazole rings is 1. The average Bonchev–Trinajstić information content (AvgIpc) is 3.34. The maximum absolute atomic E-state index is 4.68. The summed E-state index contributed by atoms with van der Waals surface area (Å²) >= 11 is 3.30. The molecule has 0 aliphatic carbocycles. The van der Waals surface area contributed by atoms with Crippen LogP contribution in [-0.4, -0.2) is 19.7 Å². The van der Waals surface area contributed by atoms with Crippen molar-refractivity contribution < 1.29 is 0 Å². The van der Waals surface area contributed by atoms with Gasteiger partial charge in [-0.2, -0.15) is 0 Å². The summed E-state index contributed by atoms with van der Waals surface area (Å²) in [4.78, 5) is 4.68. The average molecular weight is 408 g/mol. The molecule has 2 aromatic heterocycles. The van der Waals surface area contributed by atoms with Crippen LogP contribution in [-0.2, 0) is 18.7 Å². The summed E-state index contributed by atoms with van der Waals surface area (Å²) in [7, 11) is 0. The normalized spacial score (nSPS) is 10.9. The molecule has 142 valence electrons. The van der Waals surface area contributed by atoms with Crippen LogP contribution in [0.1, 0.15) is 24.0 Å². The number of hydrogen-bond acceptors (Lipinski definition) is 6. The van der Waals surface area contributed by atoms with Gasteiger partial charge in [0.2, 0.25) is 0 Å². The number of para-hydroxylation sites is 1. The Bertz CT molecular complexity index is 1010. The van der Waals surface area contributed by atoms with Crippen molar-refractivity contribution in [2.45, 2.75) is 30.8 Å². The first-order valence-corrected chi connectivity index (χ1v) is 11.0. The second kappa shape index (κ2) is 9.03. The number of thioether (sulfide) groups is 1. The van der Waals surface area contributed by atoms with E-state index in [1.807, 2.05) is 36.4 Å². The first-order valence-electron chi connectivity index (χ1n) is 9.17. The van der Waals surface area contributed by atoms with Crippen LogP contribution < -0.4 is 5.32 Å². The lowest BCUT2D eigenvalue weighted by Gasteiger charge is -2.07. The van der Waals surface area contributed by atoms with Crippen LogP contribution in [0.4, 0.5) is 10.8 Å². The highest BCUT2D eigenvalue weighted by Crippen LogP contribution is 2.26. The molecule has 4 aromatic rings. The molecule has 0 saturated carbocycles. The number of rotatable bonds is 8. The van der Waals surface area contributed by atoms with E-state index in [4.69, 9.17) is 0 Å². The Morgan fingerprint density at radius 2 is 1.75 bits per heavy atom. The molecule has 28 heavy (non-hydrogen) atoms. The molecule has 0 unspecified atom stereocenters. The van der Waals surface area contributed by atoms with Crippen molar-refractivity contribution in [3.63, 3.8) is 0 Å². The second-order valence-electron chi connectivity index (χ2n) is 6.23. The molecule has 0 fully saturated rings. The van der Waals surface area contributed by atoms with Gasteiger partial charge in [0.1, 0.15) is 5.82 Å². The zero-order valence-corrected chi connectivity index (χ0v) is 17.2. The van der Waals surface area contributed by atoms with Gasteiger partial charge in [-0.15, -0.1) is 21.5 Å². The van der Waals surface area contributed by atoms with Gasteiger partial charge in [-0.3, -0.25) is 0 Å². The second-order valence-corrected chi connectivity index (χ2v) is 8.03. The van der Waals surface area contributed by atoms with Crippen LogP contribution in [0.5, 0.6) is 0 Å². The van der Waals surface area contributed by atoms with Crippen LogP contribution in [0.2, 0.25) is 0 Å². The molecule has 0 amide bonds. The fraction of sp³-hybridized carbons (Fsp3) is 0.190. The van der Waals surface area contributed by atoms with E-state index < -0.39 is 0 Å². The molecule has 0 aliphatic rings. The predicted molar refractivity (Wildman–Crippen MR) is 116 cm³/mol. The molecule has 7 heteroatoms. The number of hydrogen-bond donors (Lipinski definition) is 1. The fourth-order valence-electron chi connectivity index (χ4n) is 2.87. The first-order chi connectivity index (χ1) is 13.8. The van der Waals surface area contributed by atoms with Gasteiger partial charge < -0.3 is 9.88 Å². The van der Waals surface area contributed by atoms with Crippen molar-refractivity contribution in [3.8, 4) is 0 Å². The summed E-state index contributed by atoms with van der Waals surface area (Å²) in [5, 5.41) is 16.1. The molecule has 0 atom stereocenters. The van der Waals surface area contributed by atoms with E-state index in [1.165, 1.54) is 5.56 Å². The Labute approximate surface area is 172 Å². The quantitative estimate of drug-likeness (QED) is 0.397. The third-order valence-corrected chi connectivity index (χ3v) is 6.05. The first kappa shape index (κ1) is 18.7. The highest BCUT2D eigenvalue weighted by molar-refractivity contribution is 7.98. The minimum atomic E-state index is 0.774. The smallest absolute Gasteiger partial charge is 0.191 e. The summed E-state index contributed by atoms with van der Waals surface area (Å²) in [5.74, 6) is 1.78. The molecular formula is C21H21N5S2. The lowest BCUT2D eigenvalue weighted by Crippen LogP contribution is -2.04. The van der Waals surface area contributed by atoms with E-state index in [-0.39, 0.29) is 0 Å². The van der Waals surface area contributed by atoms with E-state index in [0.29, 0.717) is 0 Å². The Hall–Kier alpha value is -2.64. The van der Waals surface area contributed by atoms with Gasteiger partial charge in [0, 0.05) is 29.8 Å². The van der Waals surface area contributed by atoms with Gasteiger partial charge in [0.05, 0.1) is 5.69 Å². The van der Waals surface area contributed by atoms with Crippen LogP contribution in [0.15, 0.2) is 71.2 Å². The maximum Gasteiger partial charge on any atom is 0.191 e. The lowest BCUT2D eigenvalue weighted by atomic mass is 10.1. The molecule has 2 aromatic carbocycles. The molecule has 0 aliphatic heterocycles. The zero-order valence-electron chi connectivity index (χ0n) is 15.6. The van der Waals surface area contributed by atoms with Gasteiger partial charge >= 0.3 is 0 Å². The van der Waals surface area contributed by atoms with Gasteiger partial charge in [0.15, 0.2) is 10.3 Å². The van der Waals surface area contributed by atoms with E-state index in [9.17, 15) is 0 Å². The Balaban J connectivity index is 1.40. The standard InChI is InChI=1S/C21H21N5S2/c1-2-26-19(13-16-9-5-3-6-10-16)24-25-21(26)28-15-18-14-27-20(23-18)22-17-11-7-4-8-12-17/h3-12,14H,2,13,15H2,1H3,(H,22,23). The third-order valence-electron chi connectivity index (χ3n) is 4.24. The third kappa shape index (κ3) is 4.61. The van der Waals surface area contributed by atoms with Crippen LogP contribution in [0.3, 0.4) is 0 Å². The zero-order chi connectivity index (χ0) is 19.2. The van der Waals surface area contributed by atoms with Crippen molar-refractivity contribution in [3.05, 3.63) is 83.1 Å². The number of benzene rings is 2. The maximum atomic E-state index is 4.68. The fourth-order valence-corrected chi connectivity index (χ4v) is 4.62. The van der Waals surface area contributed by atoms with Crippen molar-refractivity contribution in [1.29, 1.82) is 0 Å². The van der Waals surface area contributed by atoms with E-state index in [1.54, 1.807) is 23.1 Å². The van der Waals surface area contributed by atoms with Crippen LogP contribution in [0.25, 0.3) is 0 Å². The molecular weight excluding hydrogens is 386 g/mol. The number of nitrogens with one attached hydrogen (secondary N) is 1. The highest BCUT2D eigenvalue weighted by atomic mass is 32.2. The number of nitrogens with zero attached hydrogens (tertiary/aromatic N) is 4. The van der Waals surface area contributed by atoms with Crippen LogP contribution >= 0.6 is 23.1 Å². The summed E-state index contributed by atoms with van der Waals surface area (Å²) < 4.78 is 2.19. The van der Waals surface area contributed by atoms with Gasteiger partial charge in [-0.25, -0.2) is 4.98 Å². The number of aromatic nitrogens is 4. The number of anilines is 2. The highest BCUT2D eigenvalue weighted by Gasteiger charge is 2.13. The lowest BCUT2D eigenvalue weighted by molar-refractivity contribution is 0.651. The van der Waals surface area contributed by atoms with Crippen molar-refractivity contribution in [1.82, 2.24) is 19.7 Å². The SMILES string of the molecule is CCn1c(Cc2ccccc2)nnc1SCc1csc(Nc2ccccc2)n1. The monoisotopic (exact) mass is 407 g/mol. The largest absolute Gasteiger partial charge is 0.332 e. The summed E-state index contributed by atoms with van der Waals surface area (Å²) in [6.45, 7) is 2.99. The van der Waals surface area contributed by atoms with E-state index in [0.717, 1.165) is 46.2 Å². The Morgan fingerprint density at radius 3 is 2.50 bits per heavy atom. The van der Waals surface area contributed by atoms with E-state index in [2.05, 4.69) is 61.6 Å².